The van der Waals surface area contributed by atoms with Gasteiger partial charge in [0.1, 0.15) is 11.6 Å². The Morgan fingerprint density at radius 3 is 2.53 bits per heavy atom. The van der Waals surface area contributed by atoms with Gasteiger partial charge in [-0.05, 0) is 44.1 Å². The van der Waals surface area contributed by atoms with Crippen molar-refractivity contribution in [3.8, 4) is 11.4 Å². The van der Waals surface area contributed by atoms with Crippen LogP contribution in [0, 0.1) is 5.92 Å². The Morgan fingerprint density at radius 1 is 1.08 bits per heavy atom. The van der Waals surface area contributed by atoms with Gasteiger partial charge in [0.2, 0.25) is 0 Å². The van der Waals surface area contributed by atoms with Crippen LogP contribution >= 0.6 is 0 Å². The fourth-order valence-corrected chi connectivity index (χ4v) is 4.02. The van der Waals surface area contributed by atoms with Crippen molar-refractivity contribution >= 4 is 23.1 Å². The van der Waals surface area contributed by atoms with Crippen molar-refractivity contribution in [3.05, 3.63) is 77.9 Å². The van der Waals surface area contributed by atoms with Crippen LogP contribution < -0.4 is 10.6 Å². The van der Waals surface area contributed by atoms with E-state index in [2.05, 4.69) is 59.8 Å². The van der Waals surface area contributed by atoms with E-state index in [4.69, 9.17) is 0 Å². The van der Waals surface area contributed by atoms with E-state index in [0.29, 0.717) is 39.7 Å². The summed E-state index contributed by atoms with van der Waals surface area (Å²) in [5.41, 5.74) is 3.93. The molecule has 1 aromatic carbocycles. The number of Topliss-reactive ketones (excluding diaryl/α,β-unsaturated/α-hetero) is 1. The Morgan fingerprint density at radius 2 is 1.84 bits per heavy atom. The molecule has 1 aliphatic rings. The number of rotatable bonds is 11. The van der Waals surface area contributed by atoms with E-state index in [1.807, 2.05) is 14.1 Å². The minimum atomic E-state index is -2.74. The van der Waals surface area contributed by atoms with Gasteiger partial charge in [-0.1, -0.05) is 24.3 Å². The van der Waals surface area contributed by atoms with Crippen molar-refractivity contribution in [2.24, 2.45) is 5.92 Å². The van der Waals surface area contributed by atoms with E-state index in [1.165, 1.54) is 24.2 Å². The summed E-state index contributed by atoms with van der Waals surface area (Å²) in [6, 6.07) is 11.8. The molecular formula is C27H28F2N8O. The summed E-state index contributed by atoms with van der Waals surface area (Å²) in [7, 11) is 4.07. The van der Waals surface area contributed by atoms with Crippen LogP contribution in [-0.2, 0) is 13.1 Å². The van der Waals surface area contributed by atoms with E-state index in [0.717, 1.165) is 24.9 Å². The average Bonchev–Trinajstić information content (AvgIpc) is 3.63. The second-order valence-electron chi connectivity index (χ2n) is 9.54. The summed E-state index contributed by atoms with van der Waals surface area (Å²) in [5.74, 6) is 1.30. The molecule has 1 saturated carbocycles. The monoisotopic (exact) mass is 518 g/mol. The van der Waals surface area contributed by atoms with E-state index < -0.39 is 6.55 Å². The Bertz CT molecular complexity index is 1420. The van der Waals surface area contributed by atoms with Gasteiger partial charge >= 0.3 is 6.55 Å². The third-order valence-corrected chi connectivity index (χ3v) is 6.09. The summed E-state index contributed by atoms with van der Waals surface area (Å²) in [5, 5.41) is 10.2. The minimum absolute atomic E-state index is 0.0556. The molecule has 0 bridgehead atoms. The van der Waals surface area contributed by atoms with E-state index >= 15 is 0 Å². The lowest BCUT2D eigenvalue weighted by Gasteiger charge is -2.14. The number of benzene rings is 1. The number of halogens is 2. The lowest BCUT2D eigenvalue weighted by molar-refractivity contribution is 0.0566. The number of ketones is 1. The zero-order valence-corrected chi connectivity index (χ0v) is 21.1. The molecule has 0 radical (unpaired) electrons. The Hall–Kier alpha value is -4.25. The molecule has 0 aliphatic heterocycles. The first kappa shape index (κ1) is 25.4. The standard InChI is InChI=1S/C27H28F2N8O/c1-36(2)15-18-5-3-17(4-6-18)12-31-22-11-24(32-14-21(22)25(38)19-7-8-19)34-23-9-10-30-26(35-23)20-13-33-37(16-20)27(28)29/h3-6,9-11,13-14,16,19,27H,7-8,12,15H2,1-2H3,(H2,30,31,32,34,35). The van der Waals surface area contributed by atoms with Gasteiger partial charge in [0, 0.05) is 43.7 Å². The molecule has 0 amide bonds. The van der Waals surface area contributed by atoms with Crippen LogP contribution in [0.2, 0.25) is 0 Å². The molecule has 4 aromatic rings. The molecule has 0 saturated heterocycles. The predicted octanol–water partition coefficient (Wildman–Crippen LogP) is 5.14. The second-order valence-corrected chi connectivity index (χ2v) is 9.54. The normalized spacial score (nSPS) is 13.2. The van der Waals surface area contributed by atoms with E-state index in [1.54, 1.807) is 18.3 Å². The van der Waals surface area contributed by atoms with Gasteiger partial charge in [0.25, 0.3) is 0 Å². The Balaban J connectivity index is 1.34. The third-order valence-electron chi connectivity index (χ3n) is 6.09. The van der Waals surface area contributed by atoms with Crippen molar-refractivity contribution in [1.29, 1.82) is 0 Å². The van der Waals surface area contributed by atoms with Gasteiger partial charge in [-0.25, -0.2) is 19.6 Å². The van der Waals surface area contributed by atoms with Crippen LogP contribution in [-0.4, -0.2) is 49.5 Å². The number of hydrogen-bond acceptors (Lipinski definition) is 8. The molecular weight excluding hydrogens is 490 g/mol. The highest BCUT2D eigenvalue weighted by Gasteiger charge is 2.32. The van der Waals surface area contributed by atoms with Crippen LogP contribution in [0.4, 0.5) is 26.1 Å². The second kappa shape index (κ2) is 11.0. The maximum absolute atomic E-state index is 12.9. The number of anilines is 3. The van der Waals surface area contributed by atoms with Crippen LogP contribution in [0.25, 0.3) is 11.4 Å². The summed E-state index contributed by atoms with van der Waals surface area (Å²) < 4.78 is 26.3. The van der Waals surface area contributed by atoms with Crippen molar-refractivity contribution < 1.29 is 13.6 Å². The predicted molar refractivity (Wildman–Crippen MR) is 140 cm³/mol. The van der Waals surface area contributed by atoms with Crippen LogP contribution in [0.1, 0.15) is 40.9 Å². The van der Waals surface area contributed by atoms with Crippen molar-refractivity contribution in [2.45, 2.75) is 32.5 Å². The fraction of sp³-hybridized carbons (Fsp3) is 0.296. The lowest BCUT2D eigenvalue weighted by Crippen LogP contribution is -2.11. The van der Waals surface area contributed by atoms with Crippen molar-refractivity contribution in [2.75, 3.05) is 24.7 Å². The number of aromatic nitrogens is 5. The molecule has 5 rings (SSSR count). The Kier molecular flexibility index (Phi) is 7.36. The first-order chi connectivity index (χ1) is 18.4. The zero-order chi connectivity index (χ0) is 26.6. The highest BCUT2D eigenvalue weighted by molar-refractivity contribution is 6.04. The molecule has 0 atom stereocenters. The number of alkyl halides is 2. The molecule has 0 unspecified atom stereocenters. The highest BCUT2D eigenvalue weighted by Crippen LogP contribution is 2.35. The van der Waals surface area contributed by atoms with Gasteiger partial charge in [-0.2, -0.15) is 13.9 Å². The maximum Gasteiger partial charge on any atom is 0.333 e. The highest BCUT2D eigenvalue weighted by atomic mass is 19.3. The topological polar surface area (TPSA) is 101 Å². The van der Waals surface area contributed by atoms with Crippen molar-refractivity contribution in [3.63, 3.8) is 0 Å². The fourth-order valence-electron chi connectivity index (χ4n) is 4.02. The summed E-state index contributed by atoms with van der Waals surface area (Å²) >= 11 is 0. The molecule has 11 heteroatoms. The van der Waals surface area contributed by atoms with Gasteiger partial charge in [-0.15, -0.1) is 0 Å². The smallest absolute Gasteiger partial charge is 0.333 e. The maximum atomic E-state index is 12.9. The molecule has 1 aliphatic carbocycles. The summed E-state index contributed by atoms with van der Waals surface area (Å²) in [6.45, 7) is -1.33. The summed E-state index contributed by atoms with van der Waals surface area (Å²) in [6.07, 6.45) is 7.38. The number of carbonyl (C=O) groups is 1. The van der Waals surface area contributed by atoms with Gasteiger partial charge < -0.3 is 15.5 Å². The first-order valence-electron chi connectivity index (χ1n) is 12.3. The average molecular weight is 519 g/mol. The molecule has 0 spiro atoms. The van der Waals surface area contributed by atoms with Crippen LogP contribution in [0.5, 0.6) is 0 Å². The number of nitrogens with zero attached hydrogens (tertiary/aromatic N) is 6. The Labute approximate surface area is 218 Å². The summed E-state index contributed by atoms with van der Waals surface area (Å²) in [4.78, 5) is 28.0. The molecule has 196 valence electrons. The zero-order valence-electron chi connectivity index (χ0n) is 21.1. The molecule has 38 heavy (non-hydrogen) atoms. The van der Waals surface area contributed by atoms with Gasteiger partial charge in [0.15, 0.2) is 11.6 Å². The van der Waals surface area contributed by atoms with Gasteiger partial charge in [-0.3, -0.25) is 4.79 Å². The molecule has 3 heterocycles. The third kappa shape index (κ3) is 6.17. The van der Waals surface area contributed by atoms with E-state index in [-0.39, 0.29) is 17.5 Å². The van der Waals surface area contributed by atoms with Crippen LogP contribution in [0.15, 0.2) is 61.2 Å². The number of pyridine rings is 1. The number of hydrogen-bond donors (Lipinski definition) is 2. The van der Waals surface area contributed by atoms with Crippen molar-refractivity contribution in [1.82, 2.24) is 29.6 Å². The molecule has 1 fully saturated rings. The minimum Gasteiger partial charge on any atom is -0.380 e. The van der Waals surface area contributed by atoms with Gasteiger partial charge in [0.05, 0.1) is 23.0 Å². The SMILES string of the molecule is CN(C)Cc1ccc(CNc2cc(Nc3ccnc(-c4cnn(C(F)F)c4)n3)ncc2C(=O)C2CC2)cc1. The number of nitrogens with one attached hydrogen (secondary N) is 2. The largest absolute Gasteiger partial charge is 0.380 e. The first-order valence-corrected chi connectivity index (χ1v) is 12.3. The molecule has 9 nitrogen and oxygen atoms in total. The quantitative estimate of drug-likeness (QED) is 0.263. The molecule has 2 N–H and O–H groups in total. The number of carbonyl (C=O) groups excluding carboxylic acids is 1. The lowest BCUT2D eigenvalue weighted by atomic mass is 10.1. The van der Waals surface area contributed by atoms with Crippen LogP contribution in [0.3, 0.4) is 0 Å². The van der Waals surface area contributed by atoms with E-state index in [9.17, 15) is 13.6 Å². The molecule has 3 aromatic heterocycles.